The summed E-state index contributed by atoms with van der Waals surface area (Å²) in [5.74, 6) is 0. The van der Waals surface area contributed by atoms with E-state index in [1.54, 1.807) is 20.8 Å². The molecule has 0 heterocycles. The van der Waals surface area contributed by atoms with E-state index in [0.29, 0.717) is 0 Å². The maximum Gasteiger partial charge on any atom is 4.00 e. The van der Waals surface area contributed by atoms with Crippen molar-refractivity contribution in [3.8, 4) is 0 Å². The van der Waals surface area contributed by atoms with Crippen molar-refractivity contribution in [2.45, 2.75) is 34.1 Å². The Bertz CT molecular complexity index is 98.9. The molecule has 0 atom stereocenters. The largest absolute Gasteiger partial charge is 4.00 e. The molecule has 0 aliphatic heterocycles. The van der Waals surface area contributed by atoms with E-state index >= 15 is 0 Å². The van der Waals surface area contributed by atoms with Crippen LogP contribution in [-0.4, -0.2) is 0 Å². The Labute approximate surface area is 105 Å². The summed E-state index contributed by atoms with van der Waals surface area (Å²) in [6, 6.07) is 0. The van der Waals surface area contributed by atoms with Gasteiger partial charge in [-0.2, -0.15) is 26.8 Å². The maximum absolute atomic E-state index is 3.25. The average molecular weight is 258 g/mol. The van der Waals surface area contributed by atoms with E-state index in [1.807, 2.05) is 0 Å². The Morgan fingerprint density at radius 2 is 1.46 bits per heavy atom. The Hall–Kier alpha value is 0.363. The molecule has 0 fully saturated rings. The molecular weight excluding hydrogens is 235 g/mol. The third kappa shape index (κ3) is 24.5. The van der Waals surface area contributed by atoms with Crippen molar-refractivity contribution in [1.29, 1.82) is 0 Å². The number of allylic oxidation sites excluding steroid dienone is 4. The minimum atomic E-state index is 0. The molecule has 0 aromatic heterocycles. The van der Waals surface area contributed by atoms with Crippen LogP contribution in [0.2, 0.25) is 0 Å². The van der Waals surface area contributed by atoms with Crippen LogP contribution in [0.3, 0.4) is 0 Å². The summed E-state index contributed by atoms with van der Waals surface area (Å²) in [5, 5.41) is 0. The van der Waals surface area contributed by atoms with Gasteiger partial charge >= 0.3 is 26.2 Å². The zero-order valence-corrected chi connectivity index (χ0v) is 11.9. The van der Waals surface area contributed by atoms with E-state index < -0.39 is 0 Å². The zero-order valence-electron chi connectivity index (χ0n) is 9.48. The van der Waals surface area contributed by atoms with E-state index in [0.717, 1.165) is 6.42 Å². The predicted molar refractivity (Wildman–Crippen MR) is 59.3 cm³/mol. The van der Waals surface area contributed by atoms with Gasteiger partial charge in [0.2, 0.25) is 0 Å². The first kappa shape index (κ1) is 23.3. The molecule has 1 aliphatic rings. The van der Waals surface area contributed by atoms with Crippen LogP contribution in [0, 0.1) is 26.8 Å². The van der Waals surface area contributed by atoms with Crippen LogP contribution in [0.5, 0.6) is 0 Å². The van der Waals surface area contributed by atoms with E-state index in [2.05, 4.69) is 45.9 Å². The Morgan fingerprint density at radius 3 is 1.54 bits per heavy atom. The molecule has 0 aromatic carbocycles. The van der Waals surface area contributed by atoms with Gasteiger partial charge in [-0.15, -0.1) is 6.42 Å². The molecule has 0 amide bonds. The molecule has 0 radical (unpaired) electrons. The second kappa shape index (κ2) is 29.4. The quantitative estimate of drug-likeness (QED) is 0.570. The average Bonchev–Trinajstić information content (AvgIpc) is 2.66. The summed E-state index contributed by atoms with van der Waals surface area (Å²) in [5.41, 5.74) is 1.27. The number of rotatable bonds is 0. The van der Waals surface area contributed by atoms with Gasteiger partial charge in [-0.1, -0.05) is 6.92 Å². The summed E-state index contributed by atoms with van der Waals surface area (Å²) in [6.45, 7) is 17.1. The third-order valence-electron chi connectivity index (χ3n) is 0.867. The molecule has 0 saturated carbocycles. The van der Waals surface area contributed by atoms with E-state index in [4.69, 9.17) is 0 Å². The summed E-state index contributed by atoms with van der Waals surface area (Å²) >= 11 is 0. The molecule has 1 aliphatic carbocycles. The summed E-state index contributed by atoms with van der Waals surface area (Å²) in [7, 11) is 0. The Balaban J connectivity index is -0.0000000508. The first-order valence-corrected chi connectivity index (χ1v) is 4.26. The molecule has 1 heteroatoms. The maximum atomic E-state index is 3.25. The molecule has 0 spiro atoms. The van der Waals surface area contributed by atoms with Crippen LogP contribution < -0.4 is 0 Å². The molecular formula is C12H22Zr. The van der Waals surface area contributed by atoms with Gasteiger partial charge in [-0.05, 0) is 0 Å². The number of hydrogen-bond acceptors (Lipinski definition) is 0. The Morgan fingerprint density at radius 1 is 1.08 bits per heavy atom. The molecule has 74 valence electrons. The fraction of sp³-hybridized carbons (Fsp3) is 0.417. The fourth-order valence-electron chi connectivity index (χ4n) is 0.515. The smallest absolute Gasteiger partial charge is 0.346 e. The summed E-state index contributed by atoms with van der Waals surface area (Å²) < 4.78 is 0. The standard InChI is InChI=1S/C6H7.3C2H5.Zr/c1-6-4-2-3-5-6;3*1-2;/h2,4H,3H2,1H3;3*1H2,2H3;/q4*-1;+4. The van der Waals surface area contributed by atoms with Crippen molar-refractivity contribution in [2.24, 2.45) is 0 Å². The fourth-order valence-corrected chi connectivity index (χ4v) is 0.515. The molecule has 1 rings (SSSR count). The molecule has 0 N–H and O–H groups in total. The minimum absolute atomic E-state index is 0. The molecule has 0 unspecified atom stereocenters. The van der Waals surface area contributed by atoms with Gasteiger partial charge in [-0.25, -0.2) is 11.6 Å². The van der Waals surface area contributed by atoms with Gasteiger partial charge in [0.05, 0.1) is 0 Å². The van der Waals surface area contributed by atoms with Gasteiger partial charge in [-0.3, -0.25) is 6.08 Å². The first-order valence-electron chi connectivity index (χ1n) is 4.26. The van der Waals surface area contributed by atoms with Crippen LogP contribution in [0.1, 0.15) is 34.1 Å². The van der Waals surface area contributed by atoms with Gasteiger partial charge in [0, 0.05) is 0 Å². The van der Waals surface area contributed by atoms with E-state index in [1.165, 1.54) is 5.57 Å². The predicted octanol–water partition coefficient (Wildman–Crippen LogP) is 4.21. The zero-order chi connectivity index (χ0) is 10.4. The van der Waals surface area contributed by atoms with Gasteiger partial charge < -0.3 is 20.8 Å². The summed E-state index contributed by atoms with van der Waals surface area (Å²) in [6.07, 6.45) is 8.33. The van der Waals surface area contributed by atoms with Gasteiger partial charge in [0.25, 0.3) is 0 Å². The van der Waals surface area contributed by atoms with Crippen LogP contribution >= 0.6 is 0 Å². The first-order chi connectivity index (χ1) is 5.89. The van der Waals surface area contributed by atoms with Gasteiger partial charge in [0.1, 0.15) is 0 Å². The SMILES string of the molecule is CC1=[C-]CC=C1.[CH2-]C.[CH2-]C.[CH2-]C.[Zr+4]. The van der Waals surface area contributed by atoms with Crippen molar-refractivity contribution in [1.82, 2.24) is 0 Å². The third-order valence-corrected chi connectivity index (χ3v) is 0.867. The van der Waals surface area contributed by atoms with E-state index in [-0.39, 0.29) is 26.2 Å². The van der Waals surface area contributed by atoms with Crippen molar-refractivity contribution in [3.63, 3.8) is 0 Å². The van der Waals surface area contributed by atoms with Crippen LogP contribution in [-0.2, 0) is 26.2 Å². The van der Waals surface area contributed by atoms with Crippen molar-refractivity contribution >= 4 is 0 Å². The van der Waals surface area contributed by atoms with Crippen LogP contribution in [0.15, 0.2) is 17.7 Å². The van der Waals surface area contributed by atoms with Crippen LogP contribution in [0.4, 0.5) is 0 Å². The van der Waals surface area contributed by atoms with Gasteiger partial charge in [0.15, 0.2) is 0 Å². The second-order valence-corrected chi connectivity index (χ2v) is 1.47. The normalized spacial score (nSPS) is 9.92. The molecule has 0 saturated heterocycles. The van der Waals surface area contributed by atoms with Crippen molar-refractivity contribution in [2.75, 3.05) is 0 Å². The van der Waals surface area contributed by atoms with Crippen molar-refractivity contribution < 1.29 is 26.2 Å². The van der Waals surface area contributed by atoms with E-state index in [9.17, 15) is 0 Å². The molecule has 0 nitrogen and oxygen atoms in total. The van der Waals surface area contributed by atoms with Crippen LogP contribution in [0.25, 0.3) is 0 Å². The topological polar surface area (TPSA) is 0 Å². The number of hydrogen-bond donors (Lipinski definition) is 0. The monoisotopic (exact) mass is 256 g/mol. The van der Waals surface area contributed by atoms with Crippen molar-refractivity contribution in [3.05, 3.63) is 44.6 Å². The Kier molecular flexibility index (Phi) is 52.8. The minimum Gasteiger partial charge on any atom is -0.346 e. The molecule has 0 bridgehead atoms. The second-order valence-electron chi connectivity index (χ2n) is 1.47. The molecule has 13 heavy (non-hydrogen) atoms. The molecule has 0 aromatic rings. The summed E-state index contributed by atoms with van der Waals surface area (Å²) in [4.78, 5) is 0.